The van der Waals surface area contributed by atoms with Gasteiger partial charge in [-0.05, 0) is 43.7 Å². The van der Waals surface area contributed by atoms with E-state index in [4.69, 9.17) is 14.5 Å². The number of aliphatic imine (C=N–C) groups is 1. The fraction of sp³-hybridized carbons (Fsp3) is 0.500. The van der Waals surface area contributed by atoms with Gasteiger partial charge in [0.15, 0.2) is 5.96 Å². The van der Waals surface area contributed by atoms with Crippen molar-refractivity contribution in [2.45, 2.75) is 26.4 Å². The topological polar surface area (TPSA) is 58.1 Å². The summed E-state index contributed by atoms with van der Waals surface area (Å²) >= 11 is 1.87. The highest BCUT2D eigenvalue weighted by atomic mass is 127. The van der Waals surface area contributed by atoms with Crippen LogP contribution in [-0.2, 0) is 11.3 Å². The Bertz CT molecular complexity index is 793. The molecule has 6 nitrogen and oxygen atoms in total. The molecule has 1 atom stereocenters. The third-order valence-corrected chi connectivity index (χ3v) is 6.04. The van der Waals surface area contributed by atoms with Gasteiger partial charge in [0.05, 0.1) is 32.9 Å². The number of aryl methyl sites for hydroxylation is 1. The molecule has 0 radical (unpaired) electrons. The molecule has 3 rings (SSSR count). The molecule has 166 valence electrons. The Balaban J connectivity index is 0.00000320. The molecule has 30 heavy (non-hydrogen) atoms. The van der Waals surface area contributed by atoms with Gasteiger partial charge in [-0.2, -0.15) is 0 Å². The lowest BCUT2D eigenvalue weighted by Gasteiger charge is -2.34. The summed E-state index contributed by atoms with van der Waals surface area (Å²) in [7, 11) is 1.69. The first kappa shape index (κ1) is 24.9. The molecule has 1 saturated heterocycles. The molecule has 0 spiro atoms. The number of guanidine groups is 1. The number of halogens is 1. The van der Waals surface area contributed by atoms with E-state index in [0.717, 1.165) is 56.7 Å². The molecule has 1 unspecified atom stereocenters. The van der Waals surface area contributed by atoms with E-state index in [1.54, 1.807) is 7.11 Å². The number of nitrogens with zero attached hydrogens (tertiary/aromatic N) is 2. The van der Waals surface area contributed by atoms with Crippen molar-refractivity contribution in [2.75, 3.05) is 46.5 Å². The largest absolute Gasteiger partial charge is 0.497 e. The standard InChI is InChI=1S/C22H32N4O2S.HI/c1-4-23-22(24-15-18-6-5-7-19(14-18)27-3)25-16-20(21-9-8-17(2)29-21)26-10-12-28-13-11-26;/h5-9,14,20H,4,10-13,15-16H2,1-3H3,(H2,23,24,25);1H. The summed E-state index contributed by atoms with van der Waals surface area (Å²) in [6.45, 7) is 10.0. The number of ether oxygens (including phenoxy) is 2. The van der Waals surface area contributed by atoms with E-state index in [-0.39, 0.29) is 24.0 Å². The molecule has 2 N–H and O–H groups in total. The van der Waals surface area contributed by atoms with Crippen molar-refractivity contribution < 1.29 is 9.47 Å². The van der Waals surface area contributed by atoms with Crippen molar-refractivity contribution >= 4 is 41.3 Å². The van der Waals surface area contributed by atoms with E-state index in [1.165, 1.54) is 9.75 Å². The third kappa shape index (κ3) is 7.40. The Morgan fingerprint density at radius 2 is 2.03 bits per heavy atom. The maximum Gasteiger partial charge on any atom is 0.191 e. The van der Waals surface area contributed by atoms with Crippen LogP contribution in [0.25, 0.3) is 0 Å². The second-order valence-corrected chi connectivity index (χ2v) is 8.36. The maximum atomic E-state index is 5.56. The van der Waals surface area contributed by atoms with Crippen LogP contribution in [0.1, 0.15) is 28.3 Å². The lowest BCUT2D eigenvalue weighted by Crippen LogP contribution is -2.46. The zero-order valence-electron chi connectivity index (χ0n) is 18.0. The molecule has 0 amide bonds. The van der Waals surface area contributed by atoms with E-state index < -0.39 is 0 Å². The Hall–Kier alpha value is -1.36. The Labute approximate surface area is 201 Å². The zero-order chi connectivity index (χ0) is 20.5. The van der Waals surface area contributed by atoms with E-state index >= 15 is 0 Å². The average molecular weight is 545 g/mol. The number of rotatable bonds is 8. The first-order chi connectivity index (χ1) is 14.2. The van der Waals surface area contributed by atoms with E-state index in [0.29, 0.717) is 12.6 Å². The quantitative estimate of drug-likeness (QED) is 0.301. The third-order valence-electron chi connectivity index (χ3n) is 4.94. The Morgan fingerprint density at radius 1 is 1.23 bits per heavy atom. The number of methoxy groups -OCH3 is 1. The Morgan fingerprint density at radius 3 is 2.70 bits per heavy atom. The van der Waals surface area contributed by atoms with Gasteiger partial charge < -0.3 is 20.1 Å². The Kier molecular flexibility index (Phi) is 10.9. The number of thiophene rings is 1. The van der Waals surface area contributed by atoms with Crippen molar-refractivity contribution in [3.8, 4) is 5.75 Å². The van der Waals surface area contributed by atoms with Crippen molar-refractivity contribution in [1.29, 1.82) is 0 Å². The summed E-state index contributed by atoms with van der Waals surface area (Å²) in [5.41, 5.74) is 1.13. The minimum Gasteiger partial charge on any atom is -0.497 e. The summed E-state index contributed by atoms with van der Waals surface area (Å²) in [6, 6.07) is 12.8. The van der Waals surface area contributed by atoms with E-state index in [2.05, 4.69) is 47.6 Å². The van der Waals surface area contributed by atoms with Crippen molar-refractivity contribution in [2.24, 2.45) is 4.99 Å². The number of nitrogens with one attached hydrogen (secondary N) is 2. The number of benzene rings is 1. The molecule has 1 fully saturated rings. The SMILES string of the molecule is CCNC(=NCc1cccc(OC)c1)NCC(c1ccc(C)s1)N1CCOCC1.I. The lowest BCUT2D eigenvalue weighted by molar-refractivity contribution is 0.0177. The fourth-order valence-electron chi connectivity index (χ4n) is 3.41. The fourth-order valence-corrected chi connectivity index (χ4v) is 4.42. The van der Waals surface area contributed by atoms with Crippen LogP contribution >= 0.6 is 35.3 Å². The molecule has 0 bridgehead atoms. The van der Waals surface area contributed by atoms with Gasteiger partial charge >= 0.3 is 0 Å². The normalized spacial score (nSPS) is 15.9. The van der Waals surface area contributed by atoms with Gasteiger partial charge in [0.25, 0.3) is 0 Å². The number of hydrogen-bond donors (Lipinski definition) is 2. The van der Waals surface area contributed by atoms with Crippen LogP contribution in [-0.4, -0.2) is 57.4 Å². The molecule has 2 heterocycles. The van der Waals surface area contributed by atoms with Crippen molar-refractivity contribution in [1.82, 2.24) is 15.5 Å². The monoisotopic (exact) mass is 544 g/mol. The van der Waals surface area contributed by atoms with Crippen molar-refractivity contribution in [3.63, 3.8) is 0 Å². The molecule has 1 aromatic carbocycles. The van der Waals surface area contributed by atoms with Gasteiger partial charge in [-0.15, -0.1) is 35.3 Å². The zero-order valence-corrected chi connectivity index (χ0v) is 21.2. The van der Waals surface area contributed by atoms with Gasteiger partial charge in [0, 0.05) is 35.9 Å². The maximum absolute atomic E-state index is 5.56. The summed E-state index contributed by atoms with van der Waals surface area (Å²) in [5.74, 6) is 1.69. The smallest absolute Gasteiger partial charge is 0.191 e. The summed E-state index contributed by atoms with van der Waals surface area (Å²) in [6.07, 6.45) is 0. The van der Waals surface area contributed by atoms with E-state index in [9.17, 15) is 0 Å². The predicted octanol–water partition coefficient (Wildman–Crippen LogP) is 3.81. The molecule has 1 aliphatic rings. The number of morpholine rings is 1. The minimum atomic E-state index is 0. The highest BCUT2D eigenvalue weighted by Gasteiger charge is 2.24. The van der Waals surface area contributed by atoms with Crippen LogP contribution in [0.4, 0.5) is 0 Å². The van der Waals surface area contributed by atoms with Gasteiger partial charge in [-0.1, -0.05) is 12.1 Å². The first-order valence-corrected chi connectivity index (χ1v) is 11.0. The van der Waals surface area contributed by atoms with Gasteiger partial charge in [-0.3, -0.25) is 4.90 Å². The van der Waals surface area contributed by atoms with Crippen LogP contribution in [0, 0.1) is 6.92 Å². The van der Waals surface area contributed by atoms with Gasteiger partial charge in [0.1, 0.15) is 5.75 Å². The molecule has 2 aromatic rings. The molecule has 8 heteroatoms. The predicted molar refractivity (Wildman–Crippen MR) is 135 cm³/mol. The highest BCUT2D eigenvalue weighted by molar-refractivity contribution is 14.0. The summed E-state index contributed by atoms with van der Waals surface area (Å²) in [4.78, 5) is 10.0. The van der Waals surface area contributed by atoms with Gasteiger partial charge in [-0.25, -0.2) is 4.99 Å². The molecule has 0 aliphatic carbocycles. The first-order valence-electron chi connectivity index (χ1n) is 10.2. The van der Waals surface area contributed by atoms with Crippen LogP contribution < -0.4 is 15.4 Å². The van der Waals surface area contributed by atoms with Crippen LogP contribution in [0.5, 0.6) is 5.75 Å². The molecular formula is C22H33IN4O2S. The second kappa shape index (κ2) is 13.1. The molecular weight excluding hydrogens is 511 g/mol. The second-order valence-electron chi connectivity index (χ2n) is 7.04. The highest BCUT2D eigenvalue weighted by Crippen LogP contribution is 2.27. The molecule has 1 aromatic heterocycles. The van der Waals surface area contributed by atoms with Crippen LogP contribution in [0.3, 0.4) is 0 Å². The molecule has 1 aliphatic heterocycles. The minimum absolute atomic E-state index is 0. The van der Waals surface area contributed by atoms with Crippen molar-refractivity contribution in [3.05, 3.63) is 51.7 Å². The number of hydrogen-bond acceptors (Lipinski definition) is 5. The van der Waals surface area contributed by atoms with E-state index in [1.807, 2.05) is 29.5 Å². The van der Waals surface area contributed by atoms with Crippen LogP contribution in [0.2, 0.25) is 0 Å². The lowest BCUT2D eigenvalue weighted by atomic mass is 10.2. The summed E-state index contributed by atoms with van der Waals surface area (Å²) < 4.78 is 10.9. The summed E-state index contributed by atoms with van der Waals surface area (Å²) in [5, 5.41) is 6.92. The van der Waals surface area contributed by atoms with Crippen LogP contribution in [0.15, 0.2) is 41.4 Å². The molecule has 0 saturated carbocycles. The average Bonchev–Trinajstić information content (AvgIpc) is 3.19. The van der Waals surface area contributed by atoms with Gasteiger partial charge in [0.2, 0.25) is 0 Å².